The summed E-state index contributed by atoms with van der Waals surface area (Å²) >= 11 is 0. The Kier molecular flexibility index (Phi) is 5.51. The van der Waals surface area contributed by atoms with Gasteiger partial charge in [0.05, 0.1) is 5.69 Å². The first kappa shape index (κ1) is 16.7. The third-order valence-corrected chi connectivity index (χ3v) is 3.66. The van der Waals surface area contributed by atoms with E-state index in [1.54, 1.807) is 29.1 Å². The summed E-state index contributed by atoms with van der Waals surface area (Å²) < 4.78 is 1.72. The molecule has 0 bridgehead atoms. The molecular formula is C17H21N3O3. The fourth-order valence-electron chi connectivity index (χ4n) is 2.37. The molecule has 1 aromatic carbocycles. The molecule has 1 aromatic heterocycles. The maximum atomic E-state index is 12.3. The van der Waals surface area contributed by atoms with Crippen molar-refractivity contribution in [3.8, 4) is 5.69 Å². The number of hydrogen-bond donors (Lipinski definition) is 2. The number of aryl methyl sites for hydroxylation is 1. The molecule has 2 rings (SSSR count). The molecule has 6 nitrogen and oxygen atoms in total. The Morgan fingerprint density at radius 2 is 2.17 bits per heavy atom. The van der Waals surface area contributed by atoms with Crippen LogP contribution in [-0.2, 0) is 4.79 Å². The molecule has 2 N–H and O–H groups in total. The number of carboxylic acid groups (broad SMARTS) is 1. The van der Waals surface area contributed by atoms with Crippen molar-refractivity contribution in [2.45, 2.75) is 39.2 Å². The van der Waals surface area contributed by atoms with Crippen LogP contribution in [0.15, 0.2) is 36.7 Å². The number of nitrogens with zero attached hydrogens (tertiary/aromatic N) is 2. The zero-order valence-corrected chi connectivity index (χ0v) is 13.3. The first-order valence-corrected chi connectivity index (χ1v) is 7.67. The molecular weight excluding hydrogens is 294 g/mol. The normalized spacial score (nSPS) is 11.9. The van der Waals surface area contributed by atoms with E-state index in [4.69, 9.17) is 0 Å². The van der Waals surface area contributed by atoms with Crippen LogP contribution in [0.5, 0.6) is 0 Å². The molecule has 0 spiro atoms. The number of carboxylic acids is 1. The number of aliphatic carboxylic acids is 1. The van der Waals surface area contributed by atoms with Gasteiger partial charge >= 0.3 is 5.97 Å². The SMILES string of the molecule is CCCCC(NC(=O)c1ccc(-n2cccn2)c(C)c1)C(=O)O. The summed E-state index contributed by atoms with van der Waals surface area (Å²) in [5, 5.41) is 15.9. The molecule has 0 aliphatic carbocycles. The van der Waals surface area contributed by atoms with Gasteiger partial charge in [0, 0.05) is 18.0 Å². The Morgan fingerprint density at radius 1 is 1.39 bits per heavy atom. The number of carbonyl (C=O) groups excluding carboxylic acids is 1. The summed E-state index contributed by atoms with van der Waals surface area (Å²) in [7, 11) is 0. The van der Waals surface area contributed by atoms with E-state index < -0.39 is 12.0 Å². The molecule has 122 valence electrons. The van der Waals surface area contributed by atoms with E-state index in [1.807, 2.05) is 26.1 Å². The molecule has 0 saturated heterocycles. The highest BCUT2D eigenvalue weighted by atomic mass is 16.4. The van der Waals surface area contributed by atoms with Gasteiger partial charge in [-0.15, -0.1) is 0 Å². The van der Waals surface area contributed by atoms with Crippen LogP contribution in [0, 0.1) is 6.92 Å². The van der Waals surface area contributed by atoms with Gasteiger partial charge in [0.2, 0.25) is 0 Å². The standard InChI is InChI=1S/C17H21N3O3/c1-3-4-6-14(17(22)23)19-16(21)13-7-8-15(12(2)11-13)20-10-5-9-18-20/h5,7-11,14H,3-4,6H2,1-2H3,(H,19,21)(H,22,23). The van der Waals surface area contributed by atoms with Crippen LogP contribution in [-0.4, -0.2) is 32.8 Å². The molecule has 23 heavy (non-hydrogen) atoms. The van der Waals surface area contributed by atoms with Crippen LogP contribution in [0.2, 0.25) is 0 Å². The second kappa shape index (κ2) is 7.58. The van der Waals surface area contributed by atoms with Crippen molar-refractivity contribution < 1.29 is 14.7 Å². The van der Waals surface area contributed by atoms with Crippen molar-refractivity contribution in [3.63, 3.8) is 0 Å². The smallest absolute Gasteiger partial charge is 0.326 e. The van der Waals surface area contributed by atoms with Crippen molar-refractivity contribution in [1.82, 2.24) is 15.1 Å². The van der Waals surface area contributed by atoms with Crippen LogP contribution in [0.25, 0.3) is 5.69 Å². The lowest BCUT2D eigenvalue weighted by Crippen LogP contribution is -2.40. The summed E-state index contributed by atoms with van der Waals surface area (Å²) in [6.45, 7) is 3.87. The Morgan fingerprint density at radius 3 is 2.74 bits per heavy atom. The summed E-state index contributed by atoms with van der Waals surface area (Å²) in [6.07, 6.45) is 5.59. The van der Waals surface area contributed by atoms with Crippen LogP contribution in [0.1, 0.15) is 42.1 Å². The maximum absolute atomic E-state index is 12.3. The molecule has 0 aliphatic rings. The molecule has 1 amide bonds. The van der Waals surface area contributed by atoms with Crippen molar-refractivity contribution in [2.75, 3.05) is 0 Å². The largest absolute Gasteiger partial charge is 0.480 e. The van der Waals surface area contributed by atoms with Crippen LogP contribution < -0.4 is 5.32 Å². The van der Waals surface area contributed by atoms with Crippen molar-refractivity contribution in [1.29, 1.82) is 0 Å². The van der Waals surface area contributed by atoms with Gasteiger partial charge in [-0.05, 0) is 43.2 Å². The Balaban J connectivity index is 2.13. The number of rotatable bonds is 7. The van der Waals surface area contributed by atoms with E-state index in [9.17, 15) is 14.7 Å². The number of aromatic nitrogens is 2. The average molecular weight is 315 g/mol. The molecule has 0 aliphatic heterocycles. The summed E-state index contributed by atoms with van der Waals surface area (Å²) in [5.74, 6) is -1.37. The van der Waals surface area contributed by atoms with Gasteiger partial charge in [-0.2, -0.15) is 5.10 Å². The van der Waals surface area contributed by atoms with Crippen LogP contribution in [0.3, 0.4) is 0 Å². The number of carbonyl (C=O) groups is 2. The fourth-order valence-corrected chi connectivity index (χ4v) is 2.37. The number of benzene rings is 1. The van der Waals surface area contributed by atoms with Gasteiger partial charge in [0.1, 0.15) is 6.04 Å². The lowest BCUT2D eigenvalue weighted by Gasteiger charge is -2.15. The van der Waals surface area contributed by atoms with E-state index in [1.165, 1.54) is 0 Å². The van der Waals surface area contributed by atoms with E-state index in [2.05, 4.69) is 10.4 Å². The van der Waals surface area contributed by atoms with Gasteiger partial charge in [-0.25, -0.2) is 9.48 Å². The highest BCUT2D eigenvalue weighted by Gasteiger charge is 2.20. The summed E-state index contributed by atoms with van der Waals surface area (Å²) in [5.41, 5.74) is 2.22. The molecule has 6 heteroatoms. The third kappa shape index (κ3) is 4.18. The maximum Gasteiger partial charge on any atom is 0.326 e. The molecule has 0 radical (unpaired) electrons. The lowest BCUT2D eigenvalue weighted by molar-refractivity contribution is -0.139. The number of hydrogen-bond acceptors (Lipinski definition) is 3. The van der Waals surface area contributed by atoms with E-state index in [0.29, 0.717) is 12.0 Å². The number of unbranched alkanes of at least 4 members (excludes halogenated alkanes) is 1. The van der Waals surface area contributed by atoms with Crippen molar-refractivity contribution >= 4 is 11.9 Å². The zero-order chi connectivity index (χ0) is 16.8. The topological polar surface area (TPSA) is 84.2 Å². The zero-order valence-electron chi connectivity index (χ0n) is 13.3. The molecule has 1 unspecified atom stereocenters. The third-order valence-electron chi connectivity index (χ3n) is 3.66. The Bertz CT molecular complexity index is 680. The second-order valence-corrected chi connectivity index (χ2v) is 5.46. The highest BCUT2D eigenvalue weighted by Crippen LogP contribution is 2.15. The van der Waals surface area contributed by atoms with Crippen LogP contribution in [0.4, 0.5) is 0 Å². The lowest BCUT2D eigenvalue weighted by atomic mass is 10.1. The van der Waals surface area contributed by atoms with Gasteiger partial charge < -0.3 is 10.4 Å². The van der Waals surface area contributed by atoms with Crippen LogP contribution >= 0.6 is 0 Å². The minimum Gasteiger partial charge on any atom is -0.480 e. The number of amides is 1. The Hall–Kier alpha value is -2.63. The highest BCUT2D eigenvalue weighted by molar-refractivity contribution is 5.97. The summed E-state index contributed by atoms with van der Waals surface area (Å²) in [6, 6.07) is 6.20. The number of nitrogens with one attached hydrogen (secondary N) is 1. The van der Waals surface area contributed by atoms with E-state index >= 15 is 0 Å². The Labute approximate surface area is 135 Å². The summed E-state index contributed by atoms with van der Waals surface area (Å²) in [4.78, 5) is 23.5. The van der Waals surface area contributed by atoms with E-state index in [-0.39, 0.29) is 5.91 Å². The average Bonchev–Trinajstić information content (AvgIpc) is 3.04. The molecule has 1 atom stereocenters. The van der Waals surface area contributed by atoms with Crippen molar-refractivity contribution in [2.24, 2.45) is 0 Å². The first-order valence-electron chi connectivity index (χ1n) is 7.67. The van der Waals surface area contributed by atoms with Gasteiger partial charge in [0.25, 0.3) is 5.91 Å². The minimum absolute atomic E-state index is 0.372. The molecule has 1 heterocycles. The van der Waals surface area contributed by atoms with Gasteiger partial charge in [0.15, 0.2) is 0 Å². The van der Waals surface area contributed by atoms with Gasteiger partial charge in [-0.3, -0.25) is 4.79 Å². The minimum atomic E-state index is -1.00. The van der Waals surface area contributed by atoms with Crippen molar-refractivity contribution in [3.05, 3.63) is 47.8 Å². The molecule has 2 aromatic rings. The second-order valence-electron chi connectivity index (χ2n) is 5.46. The van der Waals surface area contributed by atoms with Gasteiger partial charge in [-0.1, -0.05) is 19.8 Å². The fraction of sp³-hybridized carbons (Fsp3) is 0.353. The first-order chi connectivity index (χ1) is 11.0. The predicted molar refractivity (Wildman–Crippen MR) is 86.7 cm³/mol. The quantitative estimate of drug-likeness (QED) is 0.822. The predicted octanol–water partition coefficient (Wildman–Crippen LogP) is 2.55. The molecule has 0 fully saturated rings. The van der Waals surface area contributed by atoms with E-state index in [0.717, 1.165) is 24.1 Å². The molecule has 0 saturated carbocycles. The monoisotopic (exact) mass is 315 g/mol.